The molecular formula is C17H17N5O2S. The van der Waals surface area contributed by atoms with E-state index in [9.17, 15) is 4.79 Å². The van der Waals surface area contributed by atoms with Crippen molar-refractivity contribution < 1.29 is 9.53 Å². The maximum Gasteiger partial charge on any atom is 0.242 e. The monoisotopic (exact) mass is 355 g/mol. The van der Waals surface area contributed by atoms with Crippen LogP contribution in [0.2, 0.25) is 0 Å². The van der Waals surface area contributed by atoms with E-state index in [0.717, 1.165) is 28.6 Å². The van der Waals surface area contributed by atoms with E-state index in [0.29, 0.717) is 17.6 Å². The van der Waals surface area contributed by atoms with Crippen molar-refractivity contribution in [3.05, 3.63) is 48.0 Å². The van der Waals surface area contributed by atoms with Gasteiger partial charge in [0, 0.05) is 5.56 Å². The van der Waals surface area contributed by atoms with Crippen molar-refractivity contribution in [1.82, 2.24) is 19.6 Å². The van der Waals surface area contributed by atoms with Crippen molar-refractivity contribution in [2.45, 2.75) is 18.5 Å². The Hall–Kier alpha value is -2.55. The second-order valence-corrected chi connectivity index (χ2v) is 6.33. The molecule has 128 valence electrons. The predicted molar refractivity (Wildman–Crippen MR) is 96.5 cm³/mol. The maximum absolute atomic E-state index is 12.6. The number of aromatic nitrogens is 2. The van der Waals surface area contributed by atoms with Gasteiger partial charge in [-0.1, -0.05) is 24.3 Å². The first-order chi connectivity index (χ1) is 12.3. The van der Waals surface area contributed by atoms with Crippen LogP contribution >= 0.6 is 11.7 Å². The van der Waals surface area contributed by atoms with E-state index in [1.807, 2.05) is 42.5 Å². The van der Waals surface area contributed by atoms with Crippen LogP contribution in [0.1, 0.15) is 18.0 Å². The third-order valence-corrected chi connectivity index (χ3v) is 4.82. The third kappa shape index (κ3) is 3.07. The number of benzene rings is 2. The molecule has 25 heavy (non-hydrogen) atoms. The minimum absolute atomic E-state index is 0.00336. The largest absolute Gasteiger partial charge is 0.496 e. The number of amides is 1. The van der Waals surface area contributed by atoms with Crippen molar-refractivity contribution in [1.29, 1.82) is 0 Å². The Kier molecular flexibility index (Phi) is 4.31. The summed E-state index contributed by atoms with van der Waals surface area (Å²) < 4.78 is 13.8. The molecule has 2 heterocycles. The number of hydrogen-bond donors (Lipinski definition) is 3. The number of nitrogens with one attached hydrogen (secondary N) is 3. The van der Waals surface area contributed by atoms with Crippen LogP contribution in [0.15, 0.2) is 42.5 Å². The zero-order valence-electron chi connectivity index (χ0n) is 13.5. The normalized spacial score (nSPS) is 19.9. The number of anilines is 1. The van der Waals surface area contributed by atoms with Crippen molar-refractivity contribution in [3.63, 3.8) is 0 Å². The topological polar surface area (TPSA) is 88.2 Å². The summed E-state index contributed by atoms with van der Waals surface area (Å²) in [6.45, 7) is 0. The quantitative estimate of drug-likeness (QED) is 0.665. The number of carbonyl (C=O) groups is 1. The summed E-state index contributed by atoms with van der Waals surface area (Å²) in [4.78, 5) is 12.6. The van der Waals surface area contributed by atoms with Gasteiger partial charge in [-0.3, -0.25) is 4.79 Å². The number of ether oxygens (including phenoxy) is 1. The number of rotatable bonds is 4. The van der Waals surface area contributed by atoms with Crippen LogP contribution in [0.4, 0.5) is 5.69 Å². The molecule has 2 unspecified atom stereocenters. The zero-order valence-corrected chi connectivity index (χ0v) is 14.3. The standard InChI is InChI=1S/C17H17N5O2S/c1-24-15-8-3-2-5-10(15)13-9-14(20-19-13)17(23)18-11-6-4-7-12-16(11)22-25-21-12/h2-8,13-14,19-20H,9H2,1H3,(H,18,23). The number of hydrazine groups is 1. The molecule has 1 aromatic heterocycles. The highest BCUT2D eigenvalue weighted by molar-refractivity contribution is 7.00. The minimum atomic E-state index is -0.350. The van der Waals surface area contributed by atoms with E-state index in [1.165, 1.54) is 0 Å². The number of methoxy groups -OCH3 is 1. The summed E-state index contributed by atoms with van der Waals surface area (Å²) in [5.74, 6) is 0.701. The number of para-hydroxylation sites is 1. The minimum Gasteiger partial charge on any atom is -0.496 e. The third-order valence-electron chi connectivity index (χ3n) is 4.28. The van der Waals surface area contributed by atoms with Gasteiger partial charge in [0.1, 0.15) is 22.8 Å². The van der Waals surface area contributed by atoms with Gasteiger partial charge < -0.3 is 10.1 Å². The van der Waals surface area contributed by atoms with Gasteiger partial charge in [0.25, 0.3) is 0 Å². The predicted octanol–water partition coefficient (Wildman–Crippen LogP) is 2.25. The number of hydrogen-bond acceptors (Lipinski definition) is 7. The average molecular weight is 355 g/mol. The van der Waals surface area contributed by atoms with E-state index in [2.05, 4.69) is 24.9 Å². The van der Waals surface area contributed by atoms with Crippen LogP contribution in [-0.4, -0.2) is 27.8 Å². The number of carbonyl (C=O) groups excluding carboxylic acids is 1. The molecule has 0 aliphatic carbocycles. The molecule has 0 radical (unpaired) electrons. The highest BCUT2D eigenvalue weighted by Gasteiger charge is 2.31. The first-order valence-corrected chi connectivity index (χ1v) is 8.65. The molecule has 1 amide bonds. The Labute approximate surface area is 148 Å². The Morgan fingerprint density at radius 3 is 2.96 bits per heavy atom. The molecule has 1 fully saturated rings. The summed E-state index contributed by atoms with van der Waals surface area (Å²) in [6, 6.07) is 13.0. The van der Waals surface area contributed by atoms with Gasteiger partial charge in [0.2, 0.25) is 5.91 Å². The number of nitrogens with zero attached hydrogens (tertiary/aromatic N) is 2. The van der Waals surface area contributed by atoms with E-state index in [4.69, 9.17) is 4.74 Å². The molecular weight excluding hydrogens is 338 g/mol. The van der Waals surface area contributed by atoms with Crippen molar-refractivity contribution in [2.24, 2.45) is 0 Å². The Balaban J connectivity index is 1.48. The molecule has 1 aliphatic heterocycles. The summed E-state index contributed by atoms with van der Waals surface area (Å²) in [5, 5.41) is 2.95. The molecule has 1 aliphatic rings. The zero-order chi connectivity index (χ0) is 17.2. The van der Waals surface area contributed by atoms with E-state index in [-0.39, 0.29) is 18.0 Å². The lowest BCUT2D eigenvalue weighted by Crippen LogP contribution is -2.39. The molecule has 0 spiro atoms. The van der Waals surface area contributed by atoms with Gasteiger partial charge in [-0.05, 0) is 24.6 Å². The van der Waals surface area contributed by atoms with Gasteiger partial charge in [-0.25, -0.2) is 10.9 Å². The maximum atomic E-state index is 12.6. The molecule has 3 N–H and O–H groups in total. The fourth-order valence-electron chi connectivity index (χ4n) is 3.01. The smallest absolute Gasteiger partial charge is 0.242 e. The molecule has 8 heteroatoms. The Morgan fingerprint density at radius 2 is 2.08 bits per heavy atom. The molecule has 2 atom stereocenters. The van der Waals surface area contributed by atoms with E-state index < -0.39 is 0 Å². The van der Waals surface area contributed by atoms with Gasteiger partial charge in [-0.2, -0.15) is 8.75 Å². The molecule has 3 aromatic rings. The molecule has 7 nitrogen and oxygen atoms in total. The number of fused-ring (bicyclic) bond motifs is 1. The highest BCUT2D eigenvalue weighted by atomic mass is 32.1. The van der Waals surface area contributed by atoms with E-state index >= 15 is 0 Å². The molecule has 2 aromatic carbocycles. The second-order valence-electron chi connectivity index (χ2n) is 5.80. The molecule has 0 bridgehead atoms. The summed E-state index contributed by atoms with van der Waals surface area (Å²) in [6.07, 6.45) is 0.623. The lowest BCUT2D eigenvalue weighted by molar-refractivity contribution is -0.117. The van der Waals surface area contributed by atoms with Gasteiger partial charge >= 0.3 is 0 Å². The van der Waals surface area contributed by atoms with Crippen LogP contribution in [0, 0.1) is 0 Å². The van der Waals surface area contributed by atoms with Crippen molar-refractivity contribution >= 4 is 34.4 Å². The average Bonchev–Trinajstić information content (AvgIpc) is 3.31. The highest BCUT2D eigenvalue weighted by Crippen LogP contribution is 2.30. The van der Waals surface area contributed by atoms with E-state index in [1.54, 1.807) is 7.11 Å². The van der Waals surface area contributed by atoms with Gasteiger partial charge in [0.15, 0.2) is 0 Å². The van der Waals surface area contributed by atoms with Crippen molar-refractivity contribution in [2.75, 3.05) is 12.4 Å². The van der Waals surface area contributed by atoms with Crippen LogP contribution < -0.4 is 20.9 Å². The molecule has 0 saturated carbocycles. The first kappa shape index (κ1) is 15.9. The Bertz CT molecular complexity index is 913. The fourth-order valence-corrected chi connectivity index (χ4v) is 3.56. The Morgan fingerprint density at radius 1 is 1.20 bits per heavy atom. The van der Waals surface area contributed by atoms with Crippen LogP contribution in [0.25, 0.3) is 11.0 Å². The molecule has 4 rings (SSSR count). The molecule has 1 saturated heterocycles. The SMILES string of the molecule is COc1ccccc1C1CC(C(=O)Nc2cccc3nsnc23)NN1. The van der Waals surface area contributed by atoms with Crippen LogP contribution in [0.3, 0.4) is 0 Å². The lowest BCUT2D eigenvalue weighted by atomic mass is 10.0. The van der Waals surface area contributed by atoms with Crippen LogP contribution in [0.5, 0.6) is 5.75 Å². The summed E-state index contributed by atoms with van der Waals surface area (Å²) in [7, 11) is 1.65. The lowest BCUT2D eigenvalue weighted by Gasteiger charge is -2.14. The van der Waals surface area contributed by atoms with Crippen molar-refractivity contribution in [3.8, 4) is 5.75 Å². The summed E-state index contributed by atoms with van der Waals surface area (Å²) in [5.41, 5.74) is 9.45. The fraction of sp³-hybridized carbons (Fsp3) is 0.235. The van der Waals surface area contributed by atoms with Gasteiger partial charge in [0.05, 0.1) is 30.6 Å². The van der Waals surface area contributed by atoms with Crippen LogP contribution in [-0.2, 0) is 4.79 Å². The first-order valence-electron chi connectivity index (χ1n) is 7.92. The second kappa shape index (κ2) is 6.75. The van der Waals surface area contributed by atoms with Gasteiger partial charge in [-0.15, -0.1) is 0 Å². The summed E-state index contributed by atoms with van der Waals surface area (Å²) >= 11 is 1.13.